The largest absolute Gasteiger partial charge is 0.507 e. The van der Waals surface area contributed by atoms with Crippen molar-refractivity contribution in [3.05, 3.63) is 64.2 Å². The number of carbonyl (C=O) groups excluding carboxylic acids is 2. The molecule has 4 nitrogen and oxygen atoms in total. The number of rotatable bonds is 2. The number of hydrogen-bond acceptors (Lipinski definition) is 4. The van der Waals surface area contributed by atoms with Crippen LogP contribution in [0, 0.1) is 0 Å². The first-order chi connectivity index (χ1) is 9.63. The smallest absolute Gasteiger partial charge is 0.198 e. The van der Waals surface area contributed by atoms with Crippen LogP contribution in [0.4, 0.5) is 0 Å². The molecule has 2 aromatic rings. The van der Waals surface area contributed by atoms with Crippen molar-refractivity contribution in [1.82, 2.24) is 0 Å². The van der Waals surface area contributed by atoms with Gasteiger partial charge in [0.15, 0.2) is 11.6 Å². The molecule has 20 heavy (non-hydrogen) atoms. The topological polar surface area (TPSA) is 74.6 Å². The second-order valence-corrected chi connectivity index (χ2v) is 4.71. The van der Waals surface area contributed by atoms with E-state index in [1.165, 1.54) is 12.1 Å². The van der Waals surface area contributed by atoms with Gasteiger partial charge in [-0.3, -0.25) is 9.59 Å². The molecule has 0 spiro atoms. The van der Waals surface area contributed by atoms with Crippen LogP contribution in [0.2, 0.25) is 0 Å². The maximum absolute atomic E-state index is 12.4. The van der Waals surface area contributed by atoms with Gasteiger partial charge < -0.3 is 10.2 Å². The van der Waals surface area contributed by atoms with E-state index in [9.17, 15) is 14.7 Å². The van der Waals surface area contributed by atoms with Gasteiger partial charge in [-0.1, -0.05) is 24.3 Å². The zero-order valence-electron chi connectivity index (χ0n) is 10.6. The average molecular weight is 268 g/mol. The van der Waals surface area contributed by atoms with E-state index in [1.807, 2.05) is 0 Å². The number of carbonyl (C=O) groups is 2. The Labute approximate surface area is 115 Å². The first-order valence-electron chi connectivity index (χ1n) is 6.28. The summed E-state index contributed by atoms with van der Waals surface area (Å²) in [5.41, 5.74) is 1.73. The second kappa shape index (κ2) is 4.58. The van der Waals surface area contributed by atoms with Crippen molar-refractivity contribution in [2.75, 3.05) is 6.61 Å². The molecule has 0 radical (unpaired) electrons. The number of fused-ring (bicyclic) bond motifs is 2. The Morgan fingerprint density at radius 2 is 1.70 bits per heavy atom. The van der Waals surface area contributed by atoms with E-state index >= 15 is 0 Å². The Bertz CT molecular complexity index is 731. The number of hydrogen-bond donors (Lipinski definition) is 2. The molecular weight excluding hydrogens is 256 g/mol. The maximum Gasteiger partial charge on any atom is 0.198 e. The van der Waals surface area contributed by atoms with Gasteiger partial charge in [0.05, 0.1) is 5.56 Å². The van der Waals surface area contributed by atoms with Gasteiger partial charge in [0, 0.05) is 23.3 Å². The average Bonchev–Trinajstić information content (AvgIpc) is 2.45. The number of aliphatic hydroxyl groups excluding tert-OH is 1. The number of aromatic hydroxyl groups is 1. The molecule has 100 valence electrons. The second-order valence-electron chi connectivity index (χ2n) is 4.71. The highest BCUT2D eigenvalue weighted by Gasteiger charge is 2.31. The van der Waals surface area contributed by atoms with Gasteiger partial charge >= 0.3 is 0 Å². The Balaban J connectivity index is 2.21. The summed E-state index contributed by atoms with van der Waals surface area (Å²) in [7, 11) is 0. The molecule has 0 saturated heterocycles. The third-order valence-electron chi connectivity index (χ3n) is 3.49. The number of benzene rings is 2. The first kappa shape index (κ1) is 12.6. The number of phenolic OH excluding ortho intramolecular Hbond substituents is 1. The lowest BCUT2D eigenvalue weighted by atomic mass is 9.82. The quantitative estimate of drug-likeness (QED) is 0.742. The van der Waals surface area contributed by atoms with Crippen molar-refractivity contribution in [3.63, 3.8) is 0 Å². The van der Waals surface area contributed by atoms with Crippen LogP contribution >= 0.6 is 0 Å². The normalized spacial score (nSPS) is 13.1. The molecule has 0 saturated carbocycles. The summed E-state index contributed by atoms with van der Waals surface area (Å²) >= 11 is 0. The standard InChI is InChI=1S/C16H12O4/c17-7-6-9-4-5-10-12(8-9)15(19)11-2-1-3-13(18)14(11)16(10)20/h1-5,8,17-18H,6-7H2. The SMILES string of the molecule is O=C1c2cc(CCO)ccc2C(=O)c2c(O)cccc21. The van der Waals surface area contributed by atoms with Crippen LogP contribution in [0.15, 0.2) is 36.4 Å². The first-order valence-corrected chi connectivity index (χ1v) is 6.28. The Hall–Kier alpha value is -2.46. The number of phenols is 1. The predicted octanol–water partition coefficient (Wildman–Crippen LogP) is 1.70. The van der Waals surface area contributed by atoms with E-state index in [0.29, 0.717) is 17.5 Å². The Morgan fingerprint density at radius 1 is 0.900 bits per heavy atom. The number of ketones is 2. The molecule has 2 N–H and O–H groups in total. The minimum absolute atomic E-state index is 0.0156. The molecule has 0 atom stereocenters. The van der Waals surface area contributed by atoms with Crippen LogP contribution in [0.25, 0.3) is 0 Å². The summed E-state index contributed by atoms with van der Waals surface area (Å²) in [4.78, 5) is 24.8. The van der Waals surface area contributed by atoms with E-state index in [0.717, 1.165) is 5.56 Å². The predicted molar refractivity (Wildman–Crippen MR) is 72.2 cm³/mol. The molecule has 0 unspecified atom stereocenters. The molecule has 2 aromatic carbocycles. The van der Waals surface area contributed by atoms with Crippen LogP contribution in [-0.4, -0.2) is 28.4 Å². The van der Waals surface area contributed by atoms with Crippen molar-refractivity contribution in [3.8, 4) is 5.75 Å². The lowest BCUT2D eigenvalue weighted by Crippen LogP contribution is -2.21. The van der Waals surface area contributed by atoms with Crippen LogP contribution in [-0.2, 0) is 6.42 Å². The van der Waals surface area contributed by atoms with Crippen molar-refractivity contribution in [2.24, 2.45) is 0 Å². The third-order valence-corrected chi connectivity index (χ3v) is 3.49. The molecule has 0 amide bonds. The fourth-order valence-electron chi connectivity index (χ4n) is 2.51. The van der Waals surface area contributed by atoms with Gasteiger partial charge in [-0.2, -0.15) is 0 Å². The maximum atomic E-state index is 12.4. The van der Waals surface area contributed by atoms with Crippen molar-refractivity contribution in [1.29, 1.82) is 0 Å². The fraction of sp³-hybridized carbons (Fsp3) is 0.125. The van der Waals surface area contributed by atoms with Gasteiger partial charge in [0.2, 0.25) is 0 Å². The molecule has 0 bridgehead atoms. The lowest BCUT2D eigenvalue weighted by Gasteiger charge is -2.18. The van der Waals surface area contributed by atoms with Crippen LogP contribution in [0.3, 0.4) is 0 Å². The van der Waals surface area contributed by atoms with Gasteiger partial charge in [-0.15, -0.1) is 0 Å². The van der Waals surface area contributed by atoms with Crippen LogP contribution < -0.4 is 0 Å². The summed E-state index contributed by atoms with van der Waals surface area (Å²) in [6.45, 7) is -0.0156. The van der Waals surface area contributed by atoms with E-state index in [-0.39, 0.29) is 35.0 Å². The lowest BCUT2D eigenvalue weighted by molar-refractivity contribution is 0.0976. The molecule has 3 rings (SSSR count). The van der Waals surface area contributed by atoms with Gasteiger partial charge in [-0.05, 0) is 24.1 Å². The molecule has 0 fully saturated rings. The number of aliphatic hydroxyl groups is 1. The Morgan fingerprint density at radius 3 is 2.45 bits per heavy atom. The third kappa shape index (κ3) is 1.73. The summed E-state index contributed by atoms with van der Waals surface area (Å²) in [6, 6.07) is 9.41. The van der Waals surface area contributed by atoms with Gasteiger partial charge in [0.25, 0.3) is 0 Å². The summed E-state index contributed by atoms with van der Waals surface area (Å²) in [6.07, 6.45) is 0.432. The molecule has 0 heterocycles. The molecular formula is C16H12O4. The summed E-state index contributed by atoms with van der Waals surface area (Å²) in [5, 5.41) is 18.8. The molecule has 0 aromatic heterocycles. The van der Waals surface area contributed by atoms with Gasteiger partial charge in [-0.25, -0.2) is 0 Å². The molecule has 4 heteroatoms. The van der Waals surface area contributed by atoms with E-state index in [1.54, 1.807) is 24.3 Å². The van der Waals surface area contributed by atoms with E-state index < -0.39 is 0 Å². The molecule has 0 aliphatic heterocycles. The monoisotopic (exact) mass is 268 g/mol. The van der Waals surface area contributed by atoms with Crippen LogP contribution in [0.1, 0.15) is 37.4 Å². The van der Waals surface area contributed by atoms with Crippen molar-refractivity contribution in [2.45, 2.75) is 6.42 Å². The van der Waals surface area contributed by atoms with E-state index in [2.05, 4.69) is 0 Å². The highest BCUT2D eigenvalue weighted by molar-refractivity contribution is 6.29. The van der Waals surface area contributed by atoms with Gasteiger partial charge in [0.1, 0.15) is 5.75 Å². The summed E-state index contributed by atoms with van der Waals surface area (Å²) < 4.78 is 0. The van der Waals surface area contributed by atoms with Crippen LogP contribution in [0.5, 0.6) is 5.75 Å². The Kier molecular flexibility index (Phi) is 2.88. The summed E-state index contributed by atoms with van der Waals surface area (Å²) in [5.74, 6) is -0.792. The van der Waals surface area contributed by atoms with Crippen molar-refractivity contribution >= 4 is 11.6 Å². The van der Waals surface area contributed by atoms with E-state index in [4.69, 9.17) is 5.11 Å². The molecule has 1 aliphatic carbocycles. The highest BCUT2D eigenvalue weighted by Crippen LogP contribution is 2.32. The zero-order valence-corrected chi connectivity index (χ0v) is 10.6. The van der Waals surface area contributed by atoms with Crippen molar-refractivity contribution < 1.29 is 19.8 Å². The minimum Gasteiger partial charge on any atom is -0.507 e. The zero-order chi connectivity index (χ0) is 14.3. The molecule has 1 aliphatic rings. The fourth-order valence-corrected chi connectivity index (χ4v) is 2.51. The highest BCUT2D eigenvalue weighted by atomic mass is 16.3. The minimum atomic E-state index is -0.344.